The Morgan fingerprint density at radius 2 is 1.43 bits per heavy atom. The van der Waals surface area contributed by atoms with E-state index in [1.807, 2.05) is 0 Å². The van der Waals surface area contributed by atoms with Crippen molar-refractivity contribution in [3.8, 4) is 11.5 Å². The SMILES string of the molecule is COc1cccc(OC)c1NC(=O)NNC(=O)c1ccccc1. The normalized spacial score (nSPS) is 9.65. The number of carbonyl (C=O) groups is 2. The average Bonchev–Trinajstić information content (AvgIpc) is 2.60. The number of hydrazine groups is 1. The van der Waals surface area contributed by atoms with Gasteiger partial charge in [-0.2, -0.15) is 0 Å². The number of ether oxygens (including phenoxy) is 2. The predicted octanol–water partition coefficient (Wildman–Crippen LogP) is 2.17. The zero-order valence-corrected chi connectivity index (χ0v) is 12.8. The van der Waals surface area contributed by atoms with E-state index in [0.29, 0.717) is 22.7 Å². The van der Waals surface area contributed by atoms with E-state index < -0.39 is 11.9 Å². The Morgan fingerprint density at radius 1 is 0.826 bits per heavy atom. The number of anilines is 1. The van der Waals surface area contributed by atoms with Crippen molar-refractivity contribution in [2.45, 2.75) is 0 Å². The van der Waals surface area contributed by atoms with Gasteiger partial charge in [-0.25, -0.2) is 10.2 Å². The fraction of sp³-hybridized carbons (Fsp3) is 0.125. The van der Waals surface area contributed by atoms with E-state index in [-0.39, 0.29) is 0 Å². The Balaban J connectivity index is 1.99. The minimum absolute atomic E-state index is 0.365. The van der Waals surface area contributed by atoms with Crippen molar-refractivity contribution in [1.29, 1.82) is 0 Å². The largest absolute Gasteiger partial charge is 0.494 e. The van der Waals surface area contributed by atoms with Gasteiger partial charge in [0.15, 0.2) is 0 Å². The highest BCUT2D eigenvalue weighted by Gasteiger charge is 2.13. The van der Waals surface area contributed by atoms with Crippen LogP contribution in [-0.4, -0.2) is 26.2 Å². The van der Waals surface area contributed by atoms with Crippen LogP contribution < -0.4 is 25.6 Å². The first-order valence-electron chi connectivity index (χ1n) is 6.79. The lowest BCUT2D eigenvalue weighted by Crippen LogP contribution is -2.44. The summed E-state index contributed by atoms with van der Waals surface area (Å²) in [5.41, 5.74) is 5.38. The molecule has 23 heavy (non-hydrogen) atoms. The van der Waals surface area contributed by atoms with Crippen LogP contribution in [0.5, 0.6) is 11.5 Å². The smallest absolute Gasteiger partial charge is 0.338 e. The molecule has 7 nitrogen and oxygen atoms in total. The molecule has 0 bridgehead atoms. The number of methoxy groups -OCH3 is 2. The number of urea groups is 1. The van der Waals surface area contributed by atoms with Crippen LogP contribution in [0.15, 0.2) is 48.5 Å². The summed E-state index contributed by atoms with van der Waals surface area (Å²) in [6.45, 7) is 0. The summed E-state index contributed by atoms with van der Waals surface area (Å²) in [5.74, 6) is 0.454. The maximum absolute atomic E-state index is 11.9. The summed E-state index contributed by atoms with van der Waals surface area (Å²) in [6, 6.07) is 13.0. The van der Waals surface area contributed by atoms with Gasteiger partial charge in [-0.05, 0) is 24.3 Å². The van der Waals surface area contributed by atoms with Gasteiger partial charge in [-0.1, -0.05) is 24.3 Å². The minimum atomic E-state index is -0.628. The summed E-state index contributed by atoms with van der Waals surface area (Å²) in [7, 11) is 2.96. The molecular weight excluding hydrogens is 298 g/mol. The molecule has 120 valence electrons. The third kappa shape index (κ3) is 4.13. The molecule has 0 aliphatic rings. The first kappa shape index (κ1) is 16.2. The molecule has 0 radical (unpaired) electrons. The van der Waals surface area contributed by atoms with Crippen LogP contribution in [0.3, 0.4) is 0 Å². The Kier molecular flexibility index (Phi) is 5.40. The average molecular weight is 315 g/mol. The van der Waals surface area contributed by atoms with Gasteiger partial charge in [0.25, 0.3) is 5.91 Å². The molecular formula is C16H17N3O4. The lowest BCUT2D eigenvalue weighted by Gasteiger charge is -2.14. The molecule has 0 saturated heterocycles. The van der Waals surface area contributed by atoms with Gasteiger partial charge in [0.1, 0.15) is 17.2 Å². The Bertz CT molecular complexity index is 667. The fourth-order valence-corrected chi connectivity index (χ4v) is 1.89. The number of amides is 3. The van der Waals surface area contributed by atoms with Crippen molar-refractivity contribution in [2.75, 3.05) is 19.5 Å². The molecule has 2 aromatic rings. The summed E-state index contributed by atoms with van der Waals surface area (Å²) in [6.07, 6.45) is 0. The van der Waals surface area contributed by atoms with E-state index in [0.717, 1.165) is 0 Å². The Labute approximate surface area is 133 Å². The molecule has 0 heterocycles. The molecule has 0 saturated carbocycles. The first-order chi connectivity index (χ1) is 11.2. The van der Waals surface area contributed by atoms with Gasteiger partial charge in [-0.3, -0.25) is 10.2 Å². The van der Waals surface area contributed by atoms with Crippen molar-refractivity contribution in [1.82, 2.24) is 10.9 Å². The second-order valence-electron chi connectivity index (χ2n) is 4.44. The lowest BCUT2D eigenvalue weighted by atomic mass is 10.2. The molecule has 0 unspecified atom stereocenters. The van der Waals surface area contributed by atoms with Crippen LogP contribution in [0.4, 0.5) is 10.5 Å². The highest BCUT2D eigenvalue weighted by atomic mass is 16.5. The number of carbonyl (C=O) groups excluding carboxylic acids is 2. The van der Waals surface area contributed by atoms with E-state index in [1.54, 1.807) is 48.5 Å². The molecule has 0 aliphatic carbocycles. The summed E-state index contributed by atoms with van der Waals surface area (Å²) >= 11 is 0. The third-order valence-corrected chi connectivity index (χ3v) is 2.99. The molecule has 7 heteroatoms. The minimum Gasteiger partial charge on any atom is -0.494 e. The maximum Gasteiger partial charge on any atom is 0.338 e. The standard InChI is InChI=1S/C16H17N3O4/c1-22-12-9-6-10-13(23-2)14(12)17-16(21)19-18-15(20)11-7-4-3-5-8-11/h3-10H,1-2H3,(H,18,20)(H2,17,19,21). The number of hydrogen-bond donors (Lipinski definition) is 3. The molecule has 0 spiro atoms. The van der Waals surface area contributed by atoms with E-state index in [2.05, 4.69) is 16.2 Å². The molecule has 0 aliphatic heterocycles. The molecule has 2 aromatic carbocycles. The first-order valence-corrected chi connectivity index (χ1v) is 6.79. The van der Waals surface area contributed by atoms with E-state index in [9.17, 15) is 9.59 Å². The Hall–Kier alpha value is -3.22. The number of rotatable bonds is 4. The van der Waals surface area contributed by atoms with Crippen LogP contribution >= 0.6 is 0 Å². The molecule has 0 fully saturated rings. The zero-order chi connectivity index (χ0) is 16.7. The number of benzene rings is 2. The van der Waals surface area contributed by atoms with Gasteiger partial charge in [-0.15, -0.1) is 0 Å². The monoisotopic (exact) mass is 315 g/mol. The summed E-state index contributed by atoms with van der Waals surface area (Å²) in [4.78, 5) is 23.8. The highest BCUT2D eigenvalue weighted by molar-refractivity contribution is 5.98. The van der Waals surface area contributed by atoms with Gasteiger partial charge in [0, 0.05) is 5.56 Å². The van der Waals surface area contributed by atoms with E-state index in [1.165, 1.54) is 14.2 Å². The summed E-state index contributed by atoms with van der Waals surface area (Å²) < 4.78 is 10.3. The molecule has 3 amide bonds. The molecule has 0 aromatic heterocycles. The topological polar surface area (TPSA) is 88.7 Å². The third-order valence-electron chi connectivity index (χ3n) is 2.99. The van der Waals surface area contributed by atoms with Gasteiger partial charge >= 0.3 is 6.03 Å². The van der Waals surface area contributed by atoms with Crippen molar-refractivity contribution in [3.05, 3.63) is 54.1 Å². The summed E-state index contributed by atoms with van der Waals surface area (Å²) in [5, 5.41) is 2.57. The van der Waals surface area contributed by atoms with Crippen LogP contribution in [0.1, 0.15) is 10.4 Å². The van der Waals surface area contributed by atoms with Gasteiger partial charge < -0.3 is 14.8 Å². The van der Waals surface area contributed by atoms with Gasteiger partial charge in [0.05, 0.1) is 14.2 Å². The van der Waals surface area contributed by atoms with Crippen LogP contribution in [0, 0.1) is 0 Å². The highest BCUT2D eigenvalue weighted by Crippen LogP contribution is 2.33. The van der Waals surface area contributed by atoms with Crippen molar-refractivity contribution in [3.63, 3.8) is 0 Å². The van der Waals surface area contributed by atoms with Gasteiger partial charge in [0.2, 0.25) is 0 Å². The molecule has 0 atom stereocenters. The number of hydrogen-bond acceptors (Lipinski definition) is 4. The Morgan fingerprint density at radius 3 is 2.00 bits per heavy atom. The quantitative estimate of drug-likeness (QED) is 0.754. The molecule has 3 N–H and O–H groups in total. The van der Waals surface area contributed by atoms with Crippen LogP contribution in [-0.2, 0) is 0 Å². The van der Waals surface area contributed by atoms with Crippen LogP contribution in [0.2, 0.25) is 0 Å². The van der Waals surface area contributed by atoms with Crippen LogP contribution in [0.25, 0.3) is 0 Å². The predicted molar refractivity (Wildman–Crippen MR) is 85.6 cm³/mol. The second kappa shape index (κ2) is 7.69. The van der Waals surface area contributed by atoms with E-state index >= 15 is 0 Å². The van der Waals surface area contributed by atoms with E-state index in [4.69, 9.17) is 9.47 Å². The number of para-hydroxylation sites is 1. The zero-order valence-electron chi connectivity index (χ0n) is 12.8. The number of nitrogens with one attached hydrogen (secondary N) is 3. The van der Waals surface area contributed by atoms with Crippen molar-refractivity contribution in [2.24, 2.45) is 0 Å². The lowest BCUT2D eigenvalue weighted by molar-refractivity contribution is 0.0938. The van der Waals surface area contributed by atoms with Crippen molar-refractivity contribution >= 4 is 17.6 Å². The van der Waals surface area contributed by atoms with Crippen molar-refractivity contribution < 1.29 is 19.1 Å². The maximum atomic E-state index is 11.9. The fourth-order valence-electron chi connectivity index (χ4n) is 1.89. The molecule has 2 rings (SSSR count). The second-order valence-corrected chi connectivity index (χ2v) is 4.44.